The quantitative estimate of drug-likeness (QED) is 0.594. The van der Waals surface area contributed by atoms with E-state index in [2.05, 4.69) is 10.3 Å². The number of aromatic nitrogens is 1. The number of para-hydroxylation sites is 3. The van der Waals surface area contributed by atoms with Gasteiger partial charge in [-0.2, -0.15) is 0 Å². The van der Waals surface area contributed by atoms with Crippen molar-refractivity contribution in [3.05, 3.63) is 84.4 Å². The predicted octanol–water partition coefficient (Wildman–Crippen LogP) is 4.75. The maximum absolute atomic E-state index is 12.4. The van der Waals surface area contributed by atoms with Crippen LogP contribution >= 0.6 is 0 Å². The summed E-state index contributed by atoms with van der Waals surface area (Å²) in [6, 6.07) is 24.2. The fraction of sp³-hybridized carbons (Fsp3) is 0. The molecule has 0 aliphatic rings. The van der Waals surface area contributed by atoms with Crippen LogP contribution in [0.1, 0.15) is 10.4 Å². The Balaban J connectivity index is 1.71. The fourth-order valence-electron chi connectivity index (χ4n) is 2.55. The Morgan fingerprint density at radius 3 is 2.38 bits per heavy atom. The maximum Gasteiger partial charge on any atom is 0.255 e. The summed E-state index contributed by atoms with van der Waals surface area (Å²) in [5, 5.41) is 2.93. The number of hydrogen-bond donors (Lipinski definition) is 1. The van der Waals surface area contributed by atoms with Gasteiger partial charge in [0.25, 0.3) is 5.91 Å². The van der Waals surface area contributed by atoms with Crippen molar-refractivity contribution >= 4 is 22.7 Å². The zero-order valence-electron chi connectivity index (χ0n) is 12.8. The van der Waals surface area contributed by atoms with Crippen LogP contribution in [0.4, 0.5) is 5.69 Å². The average molecular weight is 314 g/mol. The Bertz CT molecular complexity index is 973. The minimum absolute atomic E-state index is 0.167. The summed E-state index contributed by atoms with van der Waals surface area (Å²) in [4.78, 5) is 16.9. The summed E-state index contributed by atoms with van der Waals surface area (Å²) in [6.45, 7) is 0. The molecule has 0 aliphatic carbocycles. The third-order valence-electron chi connectivity index (χ3n) is 3.74. The zero-order chi connectivity index (χ0) is 16.4. The van der Waals surface area contributed by atoms with E-state index in [9.17, 15) is 4.79 Å². The number of fused-ring (bicyclic) bond motifs is 1. The molecule has 3 aromatic carbocycles. The molecule has 24 heavy (non-hydrogen) atoms. The van der Waals surface area contributed by atoms with Crippen LogP contribution in [0.15, 0.2) is 83.3 Å². The standard InChI is InChI=1S/C20H14N2O2/c23-19(14-8-2-1-3-9-14)21-16-11-5-4-10-15(16)20-22-17-12-6-7-13-18(17)24-20/h1-13H,(H,21,23). The number of hydrogen-bond acceptors (Lipinski definition) is 3. The van der Waals surface area contributed by atoms with Gasteiger partial charge >= 0.3 is 0 Å². The first-order valence-corrected chi connectivity index (χ1v) is 7.62. The van der Waals surface area contributed by atoms with Crippen molar-refractivity contribution in [1.29, 1.82) is 0 Å². The van der Waals surface area contributed by atoms with Crippen LogP contribution in [0.5, 0.6) is 0 Å². The molecule has 1 heterocycles. The van der Waals surface area contributed by atoms with Gasteiger partial charge in [-0.3, -0.25) is 4.79 Å². The van der Waals surface area contributed by atoms with Gasteiger partial charge in [0, 0.05) is 5.56 Å². The van der Waals surface area contributed by atoms with Crippen LogP contribution in [0, 0.1) is 0 Å². The van der Waals surface area contributed by atoms with Gasteiger partial charge in [0.1, 0.15) is 5.52 Å². The molecule has 0 atom stereocenters. The molecule has 0 fully saturated rings. The monoisotopic (exact) mass is 314 g/mol. The molecule has 1 aromatic heterocycles. The van der Waals surface area contributed by atoms with Crippen LogP contribution in [0.3, 0.4) is 0 Å². The first-order valence-electron chi connectivity index (χ1n) is 7.62. The van der Waals surface area contributed by atoms with Gasteiger partial charge in [0.05, 0.1) is 11.3 Å². The number of nitrogens with one attached hydrogen (secondary N) is 1. The largest absolute Gasteiger partial charge is 0.436 e. The van der Waals surface area contributed by atoms with Crippen LogP contribution in [0.2, 0.25) is 0 Å². The molecule has 4 rings (SSSR count). The minimum atomic E-state index is -0.167. The Labute approximate surface area is 138 Å². The number of benzene rings is 3. The van der Waals surface area contributed by atoms with Gasteiger partial charge in [0.2, 0.25) is 5.89 Å². The Kier molecular flexibility index (Phi) is 3.56. The molecular weight excluding hydrogens is 300 g/mol. The van der Waals surface area contributed by atoms with Crippen molar-refractivity contribution < 1.29 is 9.21 Å². The predicted molar refractivity (Wildman–Crippen MR) is 93.8 cm³/mol. The topological polar surface area (TPSA) is 55.1 Å². The number of oxazole rings is 1. The van der Waals surface area contributed by atoms with E-state index in [0.29, 0.717) is 17.1 Å². The third-order valence-corrected chi connectivity index (χ3v) is 3.74. The minimum Gasteiger partial charge on any atom is -0.436 e. The molecule has 1 amide bonds. The third kappa shape index (κ3) is 2.65. The molecule has 1 N–H and O–H groups in total. The van der Waals surface area contributed by atoms with E-state index in [4.69, 9.17) is 4.42 Å². The molecular formula is C20H14N2O2. The van der Waals surface area contributed by atoms with Gasteiger partial charge in [-0.15, -0.1) is 0 Å². The maximum atomic E-state index is 12.4. The molecule has 0 saturated heterocycles. The van der Waals surface area contributed by atoms with Crippen molar-refractivity contribution in [1.82, 2.24) is 4.98 Å². The van der Waals surface area contributed by atoms with E-state index in [1.807, 2.05) is 66.7 Å². The molecule has 116 valence electrons. The Morgan fingerprint density at radius 1 is 0.833 bits per heavy atom. The van der Waals surface area contributed by atoms with Gasteiger partial charge in [-0.1, -0.05) is 42.5 Å². The average Bonchev–Trinajstić information content (AvgIpc) is 3.07. The second kappa shape index (κ2) is 6.01. The van der Waals surface area contributed by atoms with Crippen molar-refractivity contribution in [3.8, 4) is 11.5 Å². The molecule has 0 saturated carbocycles. The first kappa shape index (κ1) is 14.2. The van der Waals surface area contributed by atoms with Gasteiger partial charge in [0.15, 0.2) is 5.58 Å². The lowest BCUT2D eigenvalue weighted by Gasteiger charge is -2.08. The van der Waals surface area contributed by atoms with E-state index in [1.54, 1.807) is 12.1 Å². The Morgan fingerprint density at radius 2 is 1.54 bits per heavy atom. The van der Waals surface area contributed by atoms with Crippen LogP contribution in [0.25, 0.3) is 22.6 Å². The van der Waals surface area contributed by atoms with Crippen molar-refractivity contribution in [2.75, 3.05) is 5.32 Å². The highest BCUT2D eigenvalue weighted by molar-refractivity contribution is 6.06. The lowest BCUT2D eigenvalue weighted by molar-refractivity contribution is 0.102. The second-order valence-corrected chi connectivity index (χ2v) is 5.35. The molecule has 0 bridgehead atoms. The van der Waals surface area contributed by atoms with Crippen LogP contribution in [-0.2, 0) is 0 Å². The highest BCUT2D eigenvalue weighted by Crippen LogP contribution is 2.30. The van der Waals surface area contributed by atoms with E-state index in [1.165, 1.54) is 0 Å². The van der Waals surface area contributed by atoms with Crippen molar-refractivity contribution in [2.45, 2.75) is 0 Å². The van der Waals surface area contributed by atoms with Crippen LogP contribution < -0.4 is 5.32 Å². The van der Waals surface area contributed by atoms with E-state index in [0.717, 1.165) is 16.7 Å². The molecule has 0 unspecified atom stereocenters. The van der Waals surface area contributed by atoms with E-state index < -0.39 is 0 Å². The molecule has 4 nitrogen and oxygen atoms in total. The molecule has 4 heteroatoms. The lowest BCUT2D eigenvalue weighted by atomic mass is 10.1. The van der Waals surface area contributed by atoms with Crippen molar-refractivity contribution in [3.63, 3.8) is 0 Å². The SMILES string of the molecule is O=C(Nc1ccccc1-c1nc2ccccc2o1)c1ccccc1. The number of anilines is 1. The fourth-order valence-corrected chi connectivity index (χ4v) is 2.55. The van der Waals surface area contributed by atoms with Crippen molar-refractivity contribution in [2.24, 2.45) is 0 Å². The van der Waals surface area contributed by atoms with Gasteiger partial charge < -0.3 is 9.73 Å². The summed E-state index contributed by atoms with van der Waals surface area (Å²) >= 11 is 0. The smallest absolute Gasteiger partial charge is 0.255 e. The lowest BCUT2D eigenvalue weighted by Crippen LogP contribution is -2.12. The molecule has 0 radical (unpaired) electrons. The van der Waals surface area contributed by atoms with Gasteiger partial charge in [-0.05, 0) is 36.4 Å². The summed E-state index contributed by atoms with van der Waals surface area (Å²) in [5.74, 6) is 0.319. The Hall–Kier alpha value is -3.40. The number of nitrogens with zero attached hydrogens (tertiary/aromatic N) is 1. The van der Waals surface area contributed by atoms with E-state index >= 15 is 0 Å². The summed E-state index contributed by atoms with van der Waals surface area (Å²) < 4.78 is 5.82. The highest BCUT2D eigenvalue weighted by atomic mass is 16.3. The van der Waals surface area contributed by atoms with Gasteiger partial charge in [-0.25, -0.2) is 4.98 Å². The summed E-state index contributed by atoms with van der Waals surface area (Å²) in [5.41, 5.74) is 3.52. The summed E-state index contributed by atoms with van der Waals surface area (Å²) in [7, 11) is 0. The number of carbonyl (C=O) groups excluding carboxylic acids is 1. The zero-order valence-corrected chi connectivity index (χ0v) is 12.8. The van der Waals surface area contributed by atoms with E-state index in [-0.39, 0.29) is 5.91 Å². The normalized spacial score (nSPS) is 10.7. The van der Waals surface area contributed by atoms with Crippen LogP contribution in [-0.4, -0.2) is 10.9 Å². The molecule has 0 spiro atoms. The number of rotatable bonds is 3. The molecule has 0 aliphatic heterocycles. The number of carbonyl (C=O) groups is 1. The second-order valence-electron chi connectivity index (χ2n) is 5.35. The highest BCUT2D eigenvalue weighted by Gasteiger charge is 2.14. The number of amides is 1. The first-order chi connectivity index (χ1) is 11.8. The molecule has 4 aromatic rings. The summed E-state index contributed by atoms with van der Waals surface area (Å²) in [6.07, 6.45) is 0.